The topological polar surface area (TPSA) is 81.8 Å². The number of rotatable bonds is 6. The summed E-state index contributed by atoms with van der Waals surface area (Å²) in [7, 11) is 2.99. The van der Waals surface area contributed by atoms with Crippen LogP contribution >= 0.6 is 0 Å². The highest BCUT2D eigenvalue weighted by molar-refractivity contribution is 5.73. The van der Waals surface area contributed by atoms with E-state index in [9.17, 15) is 4.79 Å². The molecule has 5 heteroatoms. The van der Waals surface area contributed by atoms with Crippen molar-refractivity contribution in [2.75, 3.05) is 27.4 Å². The molecule has 0 bridgehead atoms. The first-order valence-corrected chi connectivity index (χ1v) is 3.59. The molecule has 3 N–H and O–H groups in total. The van der Waals surface area contributed by atoms with Crippen LogP contribution in [0.1, 0.15) is 0 Å². The Morgan fingerprint density at radius 1 is 1.42 bits per heavy atom. The lowest BCUT2D eigenvalue weighted by molar-refractivity contribution is -0.141. The zero-order chi connectivity index (χ0) is 9.56. The van der Waals surface area contributed by atoms with Crippen molar-refractivity contribution < 1.29 is 19.4 Å². The number of ether oxygens (including phenoxy) is 2. The monoisotopic (exact) mass is 177 g/mol. The predicted octanol–water partition coefficient (Wildman–Crippen LogP) is -0.693. The number of hydrogen-bond donors (Lipinski definition) is 2. The number of aliphatic carboxylic acids is 1. The van der Waals surface area contributed by atoms with Crippen LogP contribution in [0.25, 0.3) is 0 Å². The molecule has 1 unspecified atom stereocenters. The molecule has 1 atom stereocenters. The molecule has 5 nitrogen and oxygen atoms in total. The molecule has 0 aliphatic rings. The maximum Gasteiger partial charge on any atom is 0.320 e. The van der Waals surface area contributed by atoms with Gasteiger partial charge in [0.2, 0.25) is 0 Å². The Morgan fingerprint density at radius 3 is 2.08 bits per heavy atom. The van der Waals surface area contributed by atoms with Crippen molar-refractivity contribution in [1.29, 1.82) is 0 Å². The molecule has 0 heterocycles. The summed E-state index contributed by atoms with van der Waals surface area (Å²) in [5.74, 6) is -1.33. The molecular formula is C7H15NO4. The van der Waals surface area contributed by atoms with Crippen LogP contribution in [-0.4, -0.2) is 44.6 Å². The second-order valence-corrected chi connectivity index (χ2v) is 2.53. The smallest absolute Gasteiger partial charge is 0.320 e. The van der Waals surface area contributed by atoms with Gasteiger partial charge in [-0.15, -0.1) is 0 Å². The van der Waals surface area contributed by atoms with E-state index in [0.717, 1.165) is 0 Å². The van der Waals surface area contributed by atoms with Gasteiger partial charge in [0, 0.05) is 20.1 Å². The molecule has 0 spiro atoms. The lowest BCUT2D eigenvalue weighted by atomic mass is 10.0. The summed E-state index contributed by atoms with van der Waals surface area (Å²) < 4.78 is 9.61. The van der Waals surface area contributed by atoms with Crippen LogP contribution in [0.5, 0.6) is 0 Å². The van der Waals surface area contributed by atoms with Gasteiger partial charge in [0.25, 0.3) is 0 Å². The Labute approximate surface area is 71.5 Å². The van der Waals surface area contributed by atoms with Gasteiger partial charge in [-0.25, -0.2) is 0 Å². The number of carbonyl (C=O) groups is 1. The van der Waals surface area contributed by atoms with Gasteiger partial charge in [0.1, 0.15) is 6.04 Å². The van der Waals surface area contributed by atoms with Crippen molar-refractivity contribution in [3.05, 3.63) is 0 Å². The van der Waals surface area contributed by atoms with E-state index in [2.05, 4.69) is 0 Å². The molecule has 0 aromatic rings. The Balaban J connectivity index is 3.98. The van der Waals surface area contributed by atoms with E-state index in [1.165, 1.54) is 14.2 Å². The van der Waals surface area contributed by atoms with Gasteiger partial charge in [0.15, 0.2) is 0 Å². The highest BCUT2D eigenvalue weighted by Crippen LogP contribution is 2.03. The Morgan fingerprint density at radius 2 is 1.83 bits per heavy atom. The molecule has 12 heavy (non-hydrogen) atoms. The quantitative estimate of drug-likeness (QED) is 0.561. The van der Waals surface area contributed by atoms with Crippen LogP contribution in [0.3, 0.4) is 0 Å². The second-order valence-electron chi connectivity index (χ2n) is 2.53. The molecule has 0 aromatic carbocycles. The van der Waals surface area contributed by atoms with Crippen molar-refractivity contribution in [2.45, 2.75) is 6.04 Å². The van der Waals surface area contributed by atoms with Crippen LogP contribution in [0.4, 0.5) is 0 Å². The van der Waals surface area contributed by atoms with E-state index >= 15 is 0 Å². The molecule has 0 aromatic heterocycles. The first-order chi connectivity index (χ1) is 5.63. The van der Waals surface area contributed by atoms with Crippen LogP contribution < -0.4 is 5.73 Å². The summed E-state index contributed by atoms with van der Waals surface area (Å²) in [4.78, 5) is 10.5. The Kier molecular flexibility index (Phi) is 5.61. The summed E-state index contributed by atoms with van der Waals surface area (Å²) in [5.41, 5.74) is 5.37. The molecule has 0 saturated carbocycles. The van der Waals surface area contributed by atoms with Crippen LogP contribution in [0.15, 0.2) is 0 Å². The van der Waals surface area contributed by atoms with Crippen molar-refractivity contribution in [3.8, 4) is 0 Å². The molecule has 72 valence electrons. The number of hydrogen-bond acceptors (Lipinski definition) is 4. The molecule has 0 fully saturated rings. The maximum absolute atomic E-state index is 10.5. The fourth-order valence-corrected chi connectivity index (χ4v) is 0.885. The van der Waals surface area contributed by atoms with Crippen molar-refractivity contribution in [2.24, 2.45) is 11.7 Å². The standard InChI is InChI=1S/C7H15NO4/c1-11-3-5(4-12-2)6(8)7(9)10/h5-6H,3-4,8H2,1-2H3,(H,9,10). The number of carboxylic acid groups (broad SMARTS) is 1. The normalized spacial score (nSPS) is 13.3. The second kappa shape index (κ2) is 5.93. The van der Waals surface area contributed by atoms with Gasteiger partial charge in [-0.1, -0.05) is 0 Å². The van der Waals surface area contributed by atoms with E-state index in [1.54, 1.807) is 0 Å². The number of nitrogens with two attached hydrogens (primary N) is 1. The van der Waals surface area contributed by atoms with E-state index < -0.39 is 12.0 Å². The van der Waals surface area contributed by atoms with E-state index in [0.29, 0.717) is 13.2 Å². The fraction of sp³-hybridized carbons (Fsp3) is 0.857. The highest BCUT2D eigenvalue weighted by Gasteiger charge is 2.23. The summed E-state index contributed by atoms with van der Waals surface area (Å²) in [6.45, 7) is 0.586. The highest BCUT2D eigenvalue weighted by atomic mass is 16.5. The van der Waals surface area contributed by atoms with E-state index in [-0.39, 0.29) is 5.92 Å². The minimum atomic E-state index is -1.03. The molecule has 0 rings (SSSR count). The Bertz CT molecular complexity index is 133. The average Bonchev–Trinajstić information content (AvgIpc) is 2.03. The average molecular weight is 177 g/mol. The summed E-state index contributed by atoms with van der Waals surface area (Å²) in [5, 5.41) is 8.57. The third-order valence-corrected chi connectivity index (χ3v) is 1.55. The predicted molar refractivity (Wildman–Crippen MR) is 42.9 cm³/mol. The maximum atomic E-state index is 10.5. The molecular weight excluding hydrogens is 162 g/mol. The minimum Gasteiger partial charge on any atom is -0.480 e. The SMILES string of the molecule is COCC(COC)C(N)C(=O)O. The van der Waals surface area contributed by atoms with Crippen molar-refractivity contribution >= 4 is 5.97 Å². The number of methoxy groups -OCH3 is 2. The molecule has 0 saturated heterocycles. The third-order valence-electron chi connectivity index (χ3n) is 1.55. The summed E-state index contributed by atoms with van der Waals surface area (Å²) >= 11 is 0. The number of carboxylic acids is 1. The Hall–Kier alpha value is -0.650. The summed E-state index contributed by atoms with van der Waals surface area (Å²) in [6, 6.07) is -0.926. The molecule has 0 radical (unpaired) electrons. The first-order valence-electron chi connectivity index (χ1n) is 3.59. The molecule has 0 amide bonds. The summed E-state index contributed by atoms with van der Waals surface area (Å²) in [6.07, 6.45) is 0. The lowest BCUT2D eigenvalue weighted by Crippen LogP contribution is -2.42. The van der Waals surface area contributed by atoms with Gasteiger partial charge in [-0.05, 0) is 0 Å². The van der Waals surface area contributed by atoms with Crippen LogP contribution in [0, 0.1) is 5.92 Å². The van der Waals surface area contributed by atoms with Crippen molar-refractivity contribution in [3.63, 3.8) is 0 Å². The van der Waals surface area contributed by atoms with Gasteiger partial charge in [-0.2, -0.15) is 0 Å². The fourth-order valence-electron chi connectivity index (χ4n) is 0.885. The van der Waals surface area contributed by atoms with E-state index in [4.69, 9.17) is 20.3 Å². The largest absolute Gasteiger partial charge is 0.480 e. The first kappa shape index (κ1) is 11.4. The lowest BCUT2D eigenvalue weighted by Gasteiger charge is -2.18. The molecule has 0 aliphatic heterocycles. The van der Waals surface area contributed by atoms with Crippen LogP contribution in [-0.2, 0) is 14.3 Å². The van der Waals surface area contributed by atoms with Gasteiger partial charge < -0.3 is 20.3 Å². The van der Waals surface area contributed by atoms with Gasteiger partial charge in [-0.3, -0.25) is 4.79 Å². The zero-order valence-electron chi connectivity index (χ0n) is 7.32. The minimum absolute atomic E-state index is 0.293. The van der Waals surface area contributed by atoms with Crippen molar-refractivity contribution in [1.82, 2.24) is 0 Å². The van der Waals surface area contributed by atoms with Crippen LogP contribution in [0.2, 0.25) is 0 Å². The third kappa shape index (κ3) is 3.66. The molecule has 0 aliphatic carbocycles. The zero-order valence-corrected chi connectivity index (χ0v) is 7.32. The van der Waals surface area contributed by atoms with Gasteiger partial charge in [0.05, 0.1) is 13.2 Å². The van der Waals surface area contributed by atoms with E-state index in [1.807, 2.05) is 0 Å². The van der Waals surface area contributed by atoms with Gasteiger partial charge >= 0.3 is 5.97 Å².